The first-order valence-corrected chi connectivity index (χ1v) is 13.5. The average Bonchev–Trinajstić information content (AvgIpc) is 3.45. The first-order chi connectivity index (χ1) is 19.0. The summed E-state index contributed by atoms with van der Waals surface area (Å²) in [6.45, 7) is 6.48. The molecule has 2 atom stereocenters. The topological polar surface area (TPSA) is 42.3 Å². The molecule has 5 nitrogen and oxygen atoms in total. The Morgan fingerprint density at radius 2 is 1.51 bits per heavy atom. The summed E-state index contributed by atoms with van der Waals surface area (Å²) >= 11 is 5.96. The summed E-state index contributed by atoms with van der Waals surface area (Å²) in [5.74, 6) is 1.58. The molecule has 1 fully saturated rings. The molecule has 0 amide bonds. The Kier molecular flexibility index (Phi) is 6.63. The van der Waals surface area contributed by atoms with Gasteiger partial charge in [-0.2, -0.15) is 0 Å². The third kappa shape index (κ3) is 4.79. The van der Waals surface area contributed by atoms with Gasteiger partial charge in [-0.05, 0) is 111 Å². The lowest BCUT2D eigenvalue weighted by atomic mass is 9.96. The van der Waals surface area contributed by atoms with Crippen molar-refractivity contribution in [2.75, 3.05) is 4.90 Å². The summed E-state index contributed by atoms with van der Waals surface area (Å²) in [6, 6.07) is 34.7. The predicted octanol–water partition coefficient (Wildman–Crippen LogP) is 7.77. The van der Waals surface area contributed by atoms with Crippen molar-refractivity contribution in [3.63, 3.8) is 0 Å². The number of aryl methyl sites for hydroxylation is 2. The zero-order valence-electron chi connectivity index (χ0n) is 22.2. The molecule has 2 aromatic heterocycles. The van der Waals surface area contributed by atoms with E-state index in [0.717, 1.165) is 28.6 Å². The van der Waals surface area contributed by atoms with E-state index in [1.54, 1.807) is 0 Å². The van der Waals surface area contributed by atoms with Crippen LogP contribution in [0.4, 0.5) is 5.69 Å². The largest absolute Gasteiger partial charge is 0.457 e. The van der Waals surface area contributed by atoms with E-state index >= 15 is 0 Å². The number of rotatable bonds is 6. The number of nitrogens with one attached hydrogen (secondary N) is 1. The van der Waals surface area contributed by atoms with Crippen molar-refractivity contribution in [2.24, 2.45) is 0 Å². The molecular formula is C33H30N4OS. The van der Waals surface area contributed by atoms with Gasteiger partial charge in [0.2, 0.25) is 0 Å². The highest BCUT2D eigenvalue weighted by atomic mass is 32.1. The quantitative estimate of drug-likeness (QED) is 0.227. The van der Waals surface area contributed by atoms with Crippen LogP contribution >= 0.6 is 12.2 Å². The molecule has 6 rings (SSSR count). The van der Waals surface area contributed by atoms with Crippen LogP contribution in [0, 0.1) is 20.8 Å². The summed E-state index contributed by atoms with van der Waals surface area (Å²) in [4.78, 5) is 6.92. The monoisotopic (exact) mass is 530 g/mol. The number of aromatic nitrogens is 2. The molecule has 0 saturated carbocycles. The Morgan fingerprint density at radius 3 is 2.23 bits per heavy atom. The van der Waals surface area contributed by atoms with Crippen molar-refractivity contribution in [3.05, 3.63) is 138 Å². The van der Waals surface area contributed by atoms with Crippen LogP contribution in [0.3, 0.4) is 0 Å². The SMILES string of the molecule is Cc1cccc(-n2c(C)cc(C3C(c4ccccn4)NC(=S)N3c3ccc(Oc4ccccc4)cc3)c2C)c1. The highest BCUT2D eigenvalue weighted by molar-refractivity contribution is 7.80. The lowest BCUT2D eigenvalue weighted by molar-refractivity contribution is 0.482. The minimum absolute atomic E-state index is 0.0851. The molecule has 0 spiro atoms. The van der Waals surface area contributed by atoms with Gasteiger partial charge in [0.25, 0.3) is 0 Å². The maximum atomic E-state index is 6.04. The van der Waals surface area contributed by atoms with Gasteiger partial charge in [-0.25, -0.2) is 0 Å². The smallest absolute Gasteiger partial charge is 0.174 e. The molecule has 0 radical (unpaired) electrons. The van der Waals surface area contributed by atoms with Crippen molar-refractivity contribution in [3.8, 4) is 17.2 Å². The van der Waals surface area contributed by atoms with Gasteiger partial charge in [-0.1, -0.05) is 36.4 Å². The second kappa shape index (κ2) is 10.4. The van der Waals surface area contributed by atoms with Crippen LogP contribution in [0.2, 0.25) is 0 Å². The number of ether oxygens (including phenoxy) is 1. The highest BCUT2D eigenvalue weighted by Gasteiger charge is 2.42. The third-order valence-electron chi connectivity index (χ3n) is 7.24. The van der Waals surface area contributed by atoms with Gasteiger partial charge >= 0.3 is 0 Å². The fourth-order valence-corrected chi connectivity index (χ4v) is 5.85. The van der Waals surface area contributed by atoms with Gasteiger partial charge in [0.15, 0.2) is 5.11 Å². The van der Waals surface area contributed by atoms with Gasteiger partial charge < -0.3 is 19.5 Å². The molecule has 0 bridgehead atoms. The number of benzene rings is 3. The van der Waals surface area contributed by atoms with E-state index in [0.29, 0.717) is 5.11 Å². The maximum absolute atomic E-state index is 6.04. The Balaban J connectivity index is 1.42. The Morgan fingerprint density at radius 1 is 0.769 bits per heavy atom. The van der Waals surface area contributed by atoms with E-state index < -0.39 is 0 Å². The highest BCUT2D eigenvalue weighted by Crippen LogP contribution is 2.44. The standard InChI is InChI=1S/C33H30N4OS/c1-22-10-9-11-26(20-22)36-23(2)21-29(24(36)3)32-31(30-14-7-8-19-34-30)35-33(39)37(32)25-15-17-28(18-16-25)38-27-12-5-4-6-13-27/h4-21,31-32H,1-3H3,(H,35,39). The van der Waals surface area contributed by atoms with Crippen LogP contribution in [0.1, 0.15) is 40.3 Å². The third-order valence-corrected chi connectivity index (χ3v) is 7.56. The Hall–Kier alpha value is -4.42. The molecule has 39 heavy (non-hydrogen) atoms. The molecule has 1 N–H and O–H groups in total. The molecule has 2 unspecified atom stereocenters. The maximum Gasteiger partial charge on any atom is 0.174 e. The van der Waals surface area contributed by atoms with Crippen LogP contribution in [-0.2, 0) is 0 Å². The average molecular weight is 531 g/mol. The molecular weight excluding hydrogens is 500 g/mol. The van der Waals surface area contributed by atoms with E-state index in [9.17, 15) is 0 Å². The van der Waals surface area contributed by atoms with Gasteiger partial charge in [0, 0.05) is 29.0 Å². The van der Waals surface area contributed by atoms with Crippen molar-refractivity contribution in [1.82, 2.24) is 14.9 Å². The number of hydrogen-bond acceptors (Lipinski definition) is 3. The molecule has 3 heterocycles. The zero-order valence-corrected chi connectivity index (χ0v) is 23.0. The van der Waals surface area contributed by atoms with E-state index in [1.165, 1.54) is 22.5 Å². The van der Waals surface area contributed by atoms with E-state index in [2.05, 4.69) is 84.1 Å². The molecule has 1 saturated heterocycles. The molecule has 5 aromatic rings. The van der Waals surface area contributed by atoms with E-state index in [4.69, 9.17) is 21.9 Å². The normalized spacial score (nSPS) is 16.8. The Bertz CT molecular complexity index is 1610. The summed E-state index contributed by atoms with van der Waals surface area (Å²) in [5.41, 5.74) is 7.92. The number of pyridine rings is 1. The number of anilines is 1. The van der Waals surface area contributed by atoms with Crippen molar-refractivity contribution < 1.29 is 4.74 Å². The predicted molar refractivity (Wildman–Crippen MR) is 161 cm³/mol. The van der Waals surface area contributed by atoms with Crippen LogP contribution in [0.15, 0.2) is 109 Å². The van der Waals surface area contributed by atoms with E-state index in [1.807, 2.05) is 60.8 Å². The van der Waals surface area contributed by atoms with Crippen molar-refractivity contribution in [2.45, 2.75) is 32.9 Å². The first kappa shape index (κ1) is 24.9. The molecule has 1 aliphatic heterocycles. The molecule has 1 aliphatic rings. The summed E-state index contributed by atoms with van der Waals surface area (Å²) in [5, 5.41) is 4.25. The number of hydrogen-bond donors (Lipinski definition) is 1. The second-order valence-electron chi connectivity index (χ2n) is 9.91. The second-order valence-corrected chi connectivity index (χ2v) is 10.3. The first-order valence-electron chi connectivity index (χ1n) is 13.1. The van der Waals surface area contributed by atoms with E-state index in [-0.39, 0.29) is 12.1 Å². The number of para-hydroxylation sites is 1. The van der Waals surface area contributed by atoms with Crippen molar-refractivity contribution >= 4 is 23.0 Å². The summed E-state index contributed by atoms with van der Waals surface area (Å²) < 4.78 is 8.37. The fourth-order valence-electron chi connectivity index (χ4n) is 5.50. The van der Waals surface area contributed by atoms with Crippen LogP contribution in [-0.4, -0.2) is 14.7 Å². The minimum atomic E-state index is -0.106. The summed E-state index contributed by atoms with van der Waals surface area (Å²) in [6.07, 6.45) is 1.84. The number of nitrogens with zero attached hydrogens (tertiary/aromatic N) is 3. The van der Waals surface area contributed by atoms with Crippen molar-refractivity contribution in [1.29, 1.82) is 0 Å². The van der Waals surface area contributed by atoms with Gasteiger partial charge in [-0.3, -0.25) is 4.98 Å². The van der Waals surface area contributed by atoms with Crippen LogP contribution < -0.4 is 15.0 Å². The molecule has 194 valence electrons. The number of thiocarbonyl (C=S) groups is 1. The van der Waals surface area contributed by atoms with Crippen LogP contribution in [0.25, 0.3) is 5.69 Å². The fraction of sp³-hybridized carbons (Fsp3) is 0.152. The molecule has 6 heteroatoms. The summed E-state index contributed by atoms with van der Waals surface area (Å²) in [7, 11) is 0. The molecule has 0 aliphatic carbocycles. The lowest BCUT2D eigenvalue weighted by Crippen LogP contribution is -2.29. The lowest BCUT2D eigenvalue weighted by Gasteiger charge is -2.28. The zero-order chi connectivity index (χ0) is 26.9. The van der Waals surface area contributed by atoms with Crippen LogP contribution in [0.5, 0.6) is 11.5 Å². The van der Waals surface area contributed by atoms with Gasteiger partial charge in [0.1, 0.15) is 11.5 Å². The molecule has 3 aromatic carbocycles. The van der Waals surface area contributed by atoms with Gasteiger partial charge in [0.05, 0.1) is 17.8 Å². The van der Waals surface area contributed by atoms with Gasteiger partial charge in [-0.15, -0.1) is 0 Å². The minimum Gasteiger partial charge on any atom is -0.457 e. The Labute approximate surface area is 234 Å².